The van der Waals surface area contributed by atoms with Gasteiger partial charge < -0.3 is 24.3 Å². The molecule has 0 aliphatic heterocycles. The fraction of sp³-hybridized carbons (Fsp3) is 0.667. The summed E-state index contributed by atoms with van der Waals surface area (Å²) in [6.07, 6.45) is -0.703. The Labute approximate surface area is 186 Å². The molecule has 0 aliphatic carbocycles. The predicted octanol–water partition coefficient (Wildman–Crippen LogP) is 2.09. The lowest BCUT2D eigenvalue weighted by atomic mass is 10.2. The molecule has 31 heavy (non-hydrogen) atoms. The number of aromatic nitrogens is 2. The number of aliphatic hydroxyl groups is 1. The molecule has 9 nitrogen and oxygen atoms in total. The summed E-state index contributed by atoms with van der Waals surface area (Å²) in [6, 6.07) is 0. The van der Waals surface area contributed by atoms with Crippen molar-refractivity contribution in [1.29, 1.82) is 0 Å². The van der Waals surface area contributed by atoms with Gasteiger partial charge in [-0.25, -0.2) is 9.78 Å². The van der Waals surface area contributed by atoms with E-state index in [2.05, 4.69) is 9.97 Å². The molecule has 2 heterocycles. The molecule has 0 saturated carbocycles. The van der Waals surface area contributed by atoms with Gasteiger partial charge in [0.1, 0.15) is 15.5 Å². The maximum absolute atomic E-state index is 12.7. The van der Waals surface area contributed by atoms with Crippen molar-refractivity contribution in [2.45, 2.75) is 52.9 Å². The van der Waals surface area contributed by atoms with Crippen LogP contribution in [-0.2, 0) is 20.8 Å². The molecule has 2 aromatic rings. The van der Waals surface area contributed by atoms with Crippen LogP contribution in [0.25, 0.3) is 10.2 Å². The first-order valence-electron chi connectivity index (χ1n) is 10.3. The van der Waals surface area contributed by atoms with Gasteiger partial charge >= 0.3 is 5.97 Å². The molecule has 10 heteroatoms. The second-order valence-corrected chi connectivity index (χ2v) is 9.27. The molecule has 0 aliphatic rings. The Morgan fingerprint density at radius 2 is 2.06 bits per heavy atom. The van der Waals surface area contributed by atoms with Crippen LogP contribution in [0.5, 0.6) is 0 Å². The molecule has 2 aromatic heterocycles. The number of carbonyl (C=O) groups is 1. The highest BCUT2D eigenvalue weighted by Crippen LogP contribution is 2.27. The second kappa shape index (κ2) is 11.1. The van der Waals surface area contributed by atoms with Gasteiger partial charge in [0, 0.05) is 20.2 Å². The SMILES string of the molecule is CCOC(=O)c1sc2nc(CN(CCOC)C[C@H](O)COC(C)(C)C)[nH]c(=O)c2c1C. The van der Waals surface area contributed by atoms with Crippen molar-refractivity contribution in [2.24, 2.45) is 0 Å². The topological polar surface area (TPSA) is 114 Å². The third-order valence-corrected chi connectivity index (χ3v) is 5.64. The fourth-order valence-corrected chi connectivity index (χ4v) is 4.11. The number of hydrogen-bond acceptors (Lipinski definition) is 9. The van der Waals surface area contributed by atoms with Gasteiger partial charge in [-0.3, -0.25) is 9.69 Å². The number of aryl methyl sites for hydroxylation is 1. The van der Waals surface area contributed by atoms with Gasteiger partial charge in [0.05, 0.1) is 43.5 Å². The maximum Gasteiger partial charge on any atom is 0.348 e. The van der Waals surface area contributed by atoms with Gasteiger partial charge in [-0.15, -0.1) is 11.3 Å². The largest absolute Gasteiger partial charge is 0.462 e. The van der Waals surface area contributed by atoms with E-state index in [-0.39, 0.29) is 24.4 Å². The zero-order valence-corrected chi connectivity index (χ0v) is 19.9. The molecular formula is C21H33N3O6S. The number of carbonyl (C=O) groups excluding carboxylic acids is 1. The molecule has 2 N–H and O–H groups in total. The maximum atomic E-state index is 12.7. The lowest BCUT2D eigenvalue weighted by Gasteiger charge is -2.27. The monoisotopic (exact) mass is 455 g/mol. The van der Waals surface area contributed by atoms with E-state index in [0.29, 0.717) is 52.7 Å². The Hall–Kier alpha value is -1.85. The Morgan fingerprint density at radius 3 is 2.68 bits per heavy atom. The average Bonchev–Trinajstić information content (AvgIpc) is 3.01. The van der Waals surface area contributed by atoms with E-state index < -0.39 is 12.1 Å². The number of thiophene rings is 1. The summed E-state index contributed by atoms with van der Waals surface area (Å²) in [7, 11) is 1.61. The van der Waals surface area contributed by atoms with Crippen LogP contribution in [0.3, 0.4) is 0 Å². The third kappa shape index (κ3) is 7.36. The number of aromatic amines is 1. The molecule has 0 spiro atoms. The normalized spacial score (nSPS) is 13.2. The van der Waals surface area contributed by atoms with Gasteiger partial charge in [-0.05, 0) is 40.2 Å². The minimum absolute atomic E-state index is 0.197. The summed E-state index contributed by atoms with van der Waals surface area (Å²) < 4.78 is 15.9. The van der Waals surface area contributed by atoms with Crippen molar-refractivity contribution in [3.63, 3.8) is 0 Å². The highest BCUT2D eigenvalue weighted by Gasteiger charge is 2.22. The van der Waals surface area contributed by atoms with Gasteiger partial charge in [0.2, 0.25) is 0 Å². The lowest BCUT2D eigenvalue weighted by Crippen LogP contribution is -2.38. The number of fused-ring (bicyclic) bond motifs is 1. The molecule has 0 fully saturated rings. The van der Waals surface area contributed by atoms with E-state index >= 15 is 0 Å². The van der Waals surface area contributed by atoms with Crippen molar-refractivity contribution in [3.8, 4) is 0 Å². The van der Waals surface area contributed by atoms with Crippen LogP contribution in [0.4, 0.5) is 0 Å². The van der Waals surface area contributed by atoms with Crippen LogP contribution in [0, 0.1) is 6.92 Å². The molecule has 0 unspecified atom stereocenters. The molecule has 0 bridgehead atoms. The summed E-state index contributed by atoms with van der Waals surface area (Å²) in [5.74, 6) is 0.00171. The highest BCUT2D eigenvalue weighted by atomic mass is 32.1. The number of H-pyrrole nitrogens is 1. The third-order valence-electron chi connectivity index (χ3n) is 4.47. The zero-order valence-electron chi connectivity index (χ0n) is 19.1. The van der Waals surface area contributed by atoms with Crippen LogP contribution in [0.1, 0.15) is 48.8 Å². The Morgan fingerprint density at radius 1 is 1.35 bits per heavy atom. The van der Waals surface area contributed by atoms with Crippen LogP contribution in [0.15, 0.2) is 4.79 Å². The van der Waals surface area contributed by atoms with Crippen LogP contribution in [-0.4, -0.2) is 77.7 Å². The number of hydrogen-bond donors (Lipinski definition) is 2. The smallest absolute Gasteiger partial charge is 0.348 e. The molecule has 0 saturated heterocycles. The summed E-state index contributed by atoms with van der Waals surface area (Å²) in [4.78, 5) is 35.0. The van der Waals surface area contributed by atoms with Crippen molar-refractivity contribution >= 4 is 27.5 Å². The van der Waals surface area contributed by atoms with Gasteiger partial charge in [-0.1, -0.05) is 0 Å². The number of esters is 1. The first-order chi connectivity index (χ1) is 14.6. The molecule has 174 valence electrons. The average molecular weight is 456 g/mol. The molecule has 2 rings (SSSR count). The number of aliphatic hydroxyl groups excluding tert-OH is 1. The number of methoxy groups -OCH3 is 1. The number of nitrogens with one attached hydrogen (secondary N) is 1. The molecule has 0 aromatic carbocycles. The van der Waals surface area contributed by atoms with E-state index in [1.54, 1.807) is 21.0 Å². The van der Waals surface area contributed by atoms with Gasteiger partial charge in [0.15, 0.2) is 0 Å². The number of nitrogens with zero attached hydrogens (tertiary/aromatic N) is 2. The minimum Gasteiger partial charge on any atom is -0.462 e. The van der Waals surface area contributed by atoms with Crippen LogP contribution >= 0.6 is 11.3 Å². The Kier molecular flexibility index (Phi) is 9.14. The highest BCUT2D eigenvalue weighted by molar-refractivity contribution is 7.20. The zero-order chi connectivity index (χ0) is 23.2. The van der Waals surface area contributed by atoms with E-state index in [9.17, 15) is 14.7 Å². The van der Waals surface area contributed by atoms with Crippen molar-refractivity contribution in [2.75, 3.05) is 40.0 Å². The quantitative estimate of drug-likeness (QED) is 0.495. The van der Waals surface area contributed by atoms with E-state index in [1.807, 2.05) is 25.7 Å². The molecule has 0 amide bonds. The van der Waals surface area contributed by atoms with Crippen molar-refractivity contribution in [3.05, 3.63) is 26.6 Å². The second-order valence-electron chi connectivity index (χ2n) is 8.27. The summed E-state index contributed by atoms with van der Waals surface area (Å²) in [6.45, 7) is 11.4. The van der Waals surface area contributed by atoms with Crippen LogP contribution in [0.2, 0.25) is 0 Å². The number of rotatable bonds is 11. The fourth-order valence-electron chi connectivity index (χ4n) is 3.02. The standard InChI is InChI=1S/C21H33N3O6S/c1-7-29-20(27)17-13(2)16-18(26)22-15(23-19(16)31-17)11-24(8-9-28-6)10-14(25)12-30-21(3,4)5/h14,25H,7-12H2,1-6H3,(H,22,23,26)/t14-/m0/s1. The number of ether oxygens (including phenoxy) is 3. The lowest BCUT2D eigenvalue weighted by molar-refractivity contribution is -0.0578. The Balaban J connectivity index is 2.22. The van der Waals surface area contributed by atoms with Crippen molar-refractivity contribution in [1.82, 2.24) is 14.9 Å². The van der Waals surface area contributed by atoms with Crippen molar-refractivity contribution < 1.29 is 24.1 Å². The summed E-state index contributed by atoms with van der Waals surface area (Å²) in [5.41, 5.74) is -0.0681. The summed E-state index contributed by atoms with van der Waals surface area (Å²) >= 11 is 1.15. The predicted molar refractivity (Wildman–Crippen MR) is 120 cm³/mol. The molecule has 1 atom stereocenters. The molecule has 0 radical (unpaired) electrons. The van der Waals surface area contributed by atoms with Gasteiger partial charge in [-0.2, -0.15) is 0 Å². The summed E-state index contributed by atoms with van der Waals surface area (Å²) in [5, 5.41) is 10.8. The van der Waals surface area contributed by atoms with E-state index in [0.717, 1.165) is 11.3 Å². The van der Waals surface area contributed by atoms with E-state index in [4.69, 9.17) is 14.2 Å². The minimum atomic E-state index is -0.703. The first-order valence-corrected chi connectivity index (χ1v) is 11.1. The first kappa shape index (κ1) is 25.4. The molecular weight excluding hydrogens is 422 g/mol. The van der Waals surface area contributed by atoms with Crippen LogP contribution < -0.4 is 5.56 Å². The Bertz CT molecular complexity index is 934. The van der Waals surface area contributed by atoms with Gasteiger partial charge in [0.25, 0.3) is 5.56 Å². The van der Waals surface area contributed by atoms with E-state index in [1.165, 1.54) is 0 Å².